The molecule has 0 bridgehead atoms. The molecular weight excluding hydrogens is 266 g/mol. The van der Waals surface area contributed by atoms with Crippen molar-refractivity contribution < 1.29 is 4.74 Å². The van der Waals surface area contributed by atoms with Crippen molar-refractivity contribution in [3.63, 3.8) is 0 Å². The summed E-state index contributed by atoms with van der Waals surface area (Å²) in [7, 11) is 1.74. The van der Waals surface area contributed by atoms with E-state index in [1.54, 1.807) is 7.11 Å². The van der Waals surface area contributed by atoms with Gasteiger partial charge < -0.3 is 10.1 Å². The first-order valence-electron chi connectivity index (χ1n) is 7.53. The molecule has 0 saturated heterocycles. The Labute approximate surface area is 128 Å². The summed E-state index contributed by atoms with van der Waals surface area (Å²) in [4.78, 5) is 0. The molecule has 0 aliphatic heterocycles. The Morgan fingerprint density at radius 1 is 1.20 bits per heavy atom. The SMILES string of the molecule is CCNC(CSC(C)CC)c1cc(C)c(OC)cc1C. The molecule has 20 heavy (non-hydrogen) atoms. The molecule has 0 fully saturated rings. The van der Waals surface area contributed by atoms with Crippen molar-refractivity contribution in [2.75, 3.05) is 19.4 Å². The molecule has 1 N–H and O–H groups in total. The first-order chi connectivity index (χ1) is 9.53. The zero-order chi connectivity index (χ0) is 15.1. The molecule has 0 aliphatic rings. The zero-order valence-electron chi connectivity index (χ0n) is 13.7. The number of hydrogen-bond acceptors (Lipinski definition) is 3. The average Bonchev–Trinajstić information content (AvgIpc) is 2.45. The van der Waals surface area contributed by atoms with E-state index in [2.05, 4.69) is 63.8 Å². The third-order valence-corrected chi connectivity index (χ3v) is 5.16. The highest BCUT2D eigenvalue weighted by atomic mass is 32.2. The van der Waals surface area contributed by atoms with Crippen LogP contribution in [0.3, 0.4) is 0 Å². The molecule has 2 nitrogen and oxygen atoms in total. The maximum Gasteiger partial charge on any atom is 0.122 e. The second-order valence-corrected chi connectivity index (χ2v) is 6.81. The molecule has 1 aromatic rings. The number of ether oxygens (including phenoxy) is 1. The molecule has 0 saturated carbocycles. The van der Waals surface area contributed by atoms with Crippen molar-refractivity contribution in [2.45, 2.75) is 52.3 Å². The summed E-state index contributed by atoms with van der Waals surface area (Å²) in [5.74, 6) is 2.10. The van der Waals surface area contributed by atoms with Crippen molar-refractivity contribution in [2.24, 2.45) is 0 Å². The van der Waals surface area contributed by atoms with E-state index in [-0.39, 0.29) is 0 Å². The molecule has 3 heteroatoms. The van der Waals surface area contributed by atoms with E-state index in [9.17, 15) is 0 Å². The van der Waals surface area contributed by atoms with Crippen LogP contribution in [0.4, 0.5) is 0 Å². The second kappa shape index (κ2) is 8.58. The van der Waals surface area contributed by atoms with Crippen LogP contribution in [-0.2, 0) is 0 Å². The fourth-order valence-corrected chi connectivity index (χ4v) is 3.34. The number of benzene rings is 1. The van der Waals surface area contributed by atoms with Gasteiger partial charge >= 0.3 is 0 Å². The first kappa shape index (κ1) is 17.4. The number of hydrogen-bond donors (Lipinski definition) is 1. The summed E-state index contributed by atoms with van der Waals surface area (Å²) in [6.07, 6.45) is 1.23. The fraction of sp³-hybridized carbons (Fsp3) is 0.647. The third-order valence-electron chi connectivity index (χ3n) is 3.73. The molecule has 0 aromatic heterocycles. The number of methoxy groups -OCH3 is 1. The van der Waals surface area contributed by atoms with E-state index in [0.717, 1.165) is 23.3 Å². The van der Waals surface area contributed by atoms with E-state index in [4.69, 9.17) is 4.74 Å². The Morgan fingerprint density at radius 3 is 2.45 bits per heavy atom. The average molecular weight is 295 g/mol. The van der Waals surface area contributed by atoms with E-state index >= 15 is 0 Å². The second-order valence-electron chi connectivity index (χ2n) is 5.34. The van der Waals surface area contributed by atoms with Crippen LogP contribution in [0.25, 0.3) is 0 Å². The molecule has 0 amide bonds. The topological polar surface area (TPSA) is 21.3 Å². The van der Waals surface area contributed by atoms with E-state index < -0.39 is 0 Å². The Morgan fingerprint density at radius 2 is 1.90 bits per heavy atom. The lowest BCUT2D eigenvalue weighted by Gasteiger charge is -2.23. The van der Waals surface area contributed by atoms with Crippen LogP contribution >= 0.6 is 11.8 Å². The van der Waals surface area contributed by atoms with E-state index in [0.29, 0.717) is 6.04 Å². The van der Waals surface area contributed by atoms with Gasteiger partial charge in [-0.1, -0.05) is 26.8 Å². The van der Waals surface area contributed by atoms with Crippen molar-refractivity contribution in [3.05, 3.63) is 28.8 Å². The zero-order valence-corrected chi connectivity index (χ0v) is 14.6. The van der Waals surface area contributed by atoms with Gasteiger partial charge in [-0.3, -0.25) is 0 Å². The summed E-state index contributed by atoms with van der Waals surface area (Å²) in [5.41, 5.74) is 3.92. The van der Waals surface area contributed by atoms with Crippen LogP contribution < -0.4 is 10.1 Å². The summed E-state index contributed by atoms with van der Waals surface area (Å²) >= 11 is 2.05. The van der Waals surface area contributed by atoms with Gasteiger partial charge in [-0.15, -0.1) is 0 Å². The van der Waals surface area contributed by atoms with Gasteiger partial charge in [-0.25, -0.2) is 0 Å². The molecule has 0 spiro atoms. The fourth-order valence-electron chi connectivity index (χ4n) is 2.29. The number of nitrogens with one attached hydrogen (secondary N) is 1. The smallest absolute Gasteiger partial charge is 0.122 e. The van der Waals surface area contributed by atoms with Gasteiger partial charge in [0.05, 0.1) is 7.11 Å². The van der Waals surface area contributed by atoms with Gasteiger partial charge in [0.25, 0.3) is 0 Å². The quantitative estimate of drug-likeness (QED) is 0.763. The van der Waals surface area contributed by atoms with Gasteiger partial charge in [0.1, 0.15) is 5.75 Å². The van der Waals surface area contributed by atoms with Crippen LogP contribution in [0.2, 0.25) is 0 Å². The predicted octanol–water partition coefficient (Wildman–Crippen LogP) is 4.49. The predicted molar refractivity (Wildman–Crippen MR) is 91.1 cm³/mol. The maximum atomic E-state index is 5.41. The van der Waals surface area contributed by atoms with E-state index in [1.165, 1.54) is 23.1 Å². The normalized spacial score (nSPS) is 14.1. The van der Waals surface area contributed by atoms with Crippen LogP contribution in [0.1, 0.15) is 49.9 Å². The minimum Gasteiger partial charge on any atom is -0.496 e. The lowest BCUT2D eigenvalue weighted by atomic mass is 9.99. The lowest BCUT2D eigenvalue weighted by molar-refractivity contribution is 0.411. The van der Waals surface area contributed by atoms with Crippen molar-refractivity contribution in [3.8, 4) is 5.75 Å². The highest BCUT2D eigenvalue weighted by Crippen LogP contribution is 2.29. The van der Waals surface area contributed by atoms with E-state index in [1.807, 2.05) is 0 Å². The summed E-state index contributed by atoms with van der Waals surface area (Å²) in [5, 5.41) is 4.34. The Kier molecular flexibility index (Phi) is 7.46. The van der Waals surface area contributed by atoms with Gasteiger partial charge in [0.15, 0.2) is 0 Å². The molecule has 1 rings (SSSR count). The van der Waals surface area contributed by atoms with Crippen LogP contribution in [0.5, 0.6) is 5.75 Å². The minimum atomic E-state index is 0.420. The monoisotopic (exact) mass is 295 g/mol. The standard InChI is InChI=1S/C17H29NOS/c1-7-14(5)20-11-16(18-8-2)15-9-13(4)17(19-6)10-12(15)3/h9-10,14,16,18H,7-8,11H2,1-6H3. The molecule has 0 radical (unpaired) electrons. The van der Waals surface area contributed by atoms with Gasteiger partial charge in [0.2, 0.25) is 0 Å². The van der Waals surface area contributed by atoms with Crippen molar-refractivity contribution >= 4 is 11.8 Å². The summed E-state index contributed by atoms with van der Waals surface area (Å²) in [6, 6.07) is 4.85. The molecule has 2 unspecified atom stereocenters. The van der Waals surface area contributed by atoms with Gasteiger partial charge in [-0.05, 0) is 49.6 Å². The highest BCUT2D eigenvalue weighted by molar-refractivity contribution is 7.99. The van der Waals surface area contributed by atoms with Gasteiger partial charge in [0, 0.05) is 17.0 Å². The number of thioether (sulfide) groups is 1. The largest absolute Gasteiger partial charge is 0.496 e. The number of rotatable bonds is 8. The van der Waals surface area contributed by atoms with Crippen LogP contribution in [-0.4, -0.2) is 24.7 Å². The molecular formula is C17H29NOS. The molecule has 2 atom stereocenters. The Balaban J connectivity index is 2.93. The van der Waals surface area contributed by atoms with Crippen LogP contribution in [0.15, 0.2) is 12.1 Å². The Hall–Kier alpha value is -0.670. The summed E-state index contributed by atoms with van der Waals surface area (Å²) in [6.45, 7) is 12.0. The van der Waals surface area contributed by atoms with Crippen molar-refractivity contribution in [1.82, 2.24) is 5.32 Å². The number of aryl methyl sites for hydroxylation is 2. The van der Waals surface area contributed by atoms with Crippen LogP contribution in [0, 0.1) is 13.8 Å². The minimum absolute atomic E-state index is 0.420. The van der Waals surface area contributed by atoms with Crippen molar-refractivity contribution in [1.29, 1.82) is 0 Å². The first-order valence-corrected chi connectivity index (χ1v) is 8.58. The maximum absolute atomic E-state index is 5.41. The Bertz CT molecular complexity index is 420. The lowest BCUT2D eigenvalue weighted by Crippen LogP contribution is -2.24. The molecule has 114 valence electrons. The van der Waals surface area contributed by atoms with Gasteiger partial charge in [-0.2, -0.15) is 11.8 Å². The third kappa shape index (κ3) is 4.71. The highest BCUT2D eigenvalue weighted by Gasteiger charge is 2.16. The molecule has 1 aromatic carbocycles. The molecule has 0 heterocycles. The molecule has 0 aliphatic carbocycles. The summed E-state index contributed by atoms with van der Waals surface area (Å²) < 4.78 is 5.41.